The summed E-state index contributed by atoms with van der Waals surface area (Å²) in [7, 11) is -3.14. The lowest BCUT2D eigenvalue weighted by Crippen LogP contribution is -2.31. The number of benzene rings is 1. The van der Waals surface area contributed by atoms with E-state index in [0.717, 1.165) is 37.2 Å². The van der Waals surface area contributed by atoms with Crippen molar-refractivity contribution in [1.29, 1.82) is 0 Å². The molecule has 23 heavy (non-hydrogen) atoms. The van der Waals surface area contributed by atoms with Gasteiger partial charge in [0.25, 0.3) is 0 Å². The highest BCUT2D eigenvalue weighted by Gasteiger charge is 2.13. The molecular formula is C16H27N3O3S. The van der Waals surface area contributed by atoms with Gasteiger partial charge >= 0.3 is 0 Å². The predicted octanol–water partition coefficient (Wildman–Crippen LogP) is 2.56. The van der Waals surface area contributed by atoms with E-state index < -0.39 is 10.0 Å². The Morgan fingerprint density at radius 1 is 1.00 bits per heavy atom. The van der Waals surface area contributed by atoms with Crippen LogP contribution in [0.3, 0.4) is 0 Å². The summed E-state index contributed by atoms with van der Waals surface area (Å²) in [6, 6.07) is 7.54. The maximum absolute atomic E-state index is 11.5. The van der Waals surface area contributed by atoms with Gasteiger partial charge in [0.2, 0.25) is 15.9 Å². The van der Waals surface area contributed by atoms with Crippen LogP contribution in [-0.4, -0.2) is 32.7 Å². The quantitative estimate of drug-likeness (QED) is 0.571. The molecule has 0 aliphatic rings. The molecule has 0 atom stereocenters. The SMILES string of the molecule is CC(=O)Nc1ccc(NCCCCCNS(=O)(=O)C(C)C)cc1. The van der Waals surface area contributed by atoms with E-state index in [1.807, 2.05) is 24.3 Å². The molecule has 130 valence electrons. The second kappa shape index (κ2) is 9.52. The topological polar surface area (TPSA) is 87.3 Å². The number of hydrogen-bond acceptors (Lipinski definition) is 4. The van der Waals surface area contributed by atoms with Gasteiger partial charge in [0.05, 0.1) is 5.25 Å². The largest absolute Gasteiger partial charge is 0.385 e. The number of unbranched alkanes of at least 4 members (excludes halogenated alkanes) is 2. The third-order valence-electron chi connectivity index (χ3n) is 3.31. The summed E-state index contributed by atoms with van der Waals surface area (Å²) in [5.74, 6) is -0.0844. The van der Waals surface area contributed by atoms with Crippen LogP contribution in [0.25, 0.3) is 0 Å². The highest BCUT2D eigenvalue weighted by Crippen LogP contribution is 2.13. The molecule has 7 heteroatoms. The van der Waals surface area contributed by atoms with Crippen molar-refractivity contribution < 1.29 is 13.2 Å². The third kappa shape index (κ3) is 7.99. The van der Waals surface area contributed by atoms with Crippen molar-refractivity contribution in [3.63, 3.8) is 0 Å². The van der Waals surface area contributed by atoms with Crippen LogP contribution >= 0.6 is 0 Å². The van der Waals surface area contributed by atoms with Crippen molar-refractivity contribution in [2.75, 3.05) is 23.7 Å². The van der Waals surface area contributed by atoms with Crippen LogP contribution in [0.1, 0.15) is 40.0 Å². The lowest BCUT2D eigenvalue weighted by atomic mass is 10.2. The number of amides is 1. The molecular weight excluding hydrogens is 314 g/mol. The van der Waals surface area contributed by atoms with Crippen molar-refractivity contribution in [3.8, 4) is 0 Å². The summed E-state index contributed by atoms with van der Waals surface area (Å²) in [5, 5.41) is 5.63. The van der Waals surface area contributed by atoms with Crippen molar-refractivity contribution in [2.45, 2.75) is 45.3 Å². The minimum Gasteiger partial charge on any atom is -0.385 e. The molecule has 0 aromatic heterocycles. The van der Waals surface area contributed by atoms with Gasteiger partial charge in [-0.3, -0.25) is 4.79 Å². The number of nitrogens with one attached hydrogen (secondary N) is 3. The molecule has 0 radical (unpaired) electrons. The average molecular weight is 341 g/mol. The molecule has 0 bridgehead atoms. The van der Waals surface area contributed by atoms with Crippen LogP contribution in [-0.2, 0) is 14.8 Å². The molecule has 1 amide bonds. The summed E-state index contributed by atoms with van der Waals surface area (Å²) in [4.78, 5) is 10.9. The number of rotatable bonds is 10. The summed E-state index contributed by atoms with van der Waals surface area (Å²) in [5.41, 5.74) is 1.78. The summed E-state index contributed by atoms with van der Waals surface area (Å²) in [6.07, 6.45) is 2.75. The Balaban J connectivity index is 2.14. The van der Waals surface area contributed by atoms with Gasteiger partial charge in [-0.15, -0.1) is 0 Å². The maximum Gasteiger partial charge on any atom is 0.221 e. The van der Waals surface area contributed by atoms with E-state index in [-0.39, 0.29) is 11.2 Å². The van der Waals surface area contributed by atoms with Gasteiger partial charge in [-0.05, 0) is 51.0 Å². The summed E-state index contributed by atoms with van der Waals surface area (Å²) in [6.45, 7) is 6.14. The fraction of sp³-hybridized carbons (Fsp3) is 0.562. The molecule has 1 rings (SSSR count). The van der Waals surface area contributed by atoms with Crippen molar-refractivity contribution in [3.05, 3.63) is 24.3 Å². The van der Waals surface area contributed by atoms with Gasteiger partial charge in [-0.2, -0.15) is 0 Å². The first kappa shape index (κ1) is 19.4. The molecule has 0 spiro atoms. The van der Waals surface area contributed by atoms with E-state index in [0.29, 0.717) is 6.54 Å². The monoisotopic (exact) mass is 341 g/mol. The molecule has 0 fully saturated rings. The van der Waals surface area contributed by atoms with E-state index in [4.69, 9.17) is 0 Å². The number of hydrogen-bond donors (Lipinski definition) is 3. The Kier molecular flexibility index (Phi) is 8.05. The minimum atomic E-state index is -3.14. The number of carbonyl (C=O) groups is 1. The van der Waals surface area contributed by atoms with Crippen molar-refractivity contribution >= 4 is 27.3 Å². The van der Waals surface area contributed by atoms with Gasteiger partial charge in [0.15, 0.2) is 0 Å². The predicted molar refractivity (Wildman–Crippen MR) is 95.1 cm³/mol. The third-order valence-corrected chi connectivity index (χ3v) is 5.16. The van der Waals surface area contributed by atoms with Crippen molar-refractivity contribution in [1.82, 2.24) is 4.72 Å². The van der Waals surface area contributed by atoms with Crippen LogP contribution in [0, 0.1) is 0 Å². The van der Waals surface area contributed by atoms with E-state index in [9.17, 15) is 13.2 Å². The zero-order valence-corrected chi connectivity index (χ0v) is 14.9. The second-order valence-electron chi connectivity index (χ2n) is 5.73. The summed E-state index contributed by atoms with van der Waals surface area (Å²) < 4.78 is 25.7. The van der Waals surface area contributed by atoms with E-state index in [1.165, 1.54) is 6.92 Å². The zero-order valence-electron chi connectivity index (χ0n) is 14.1. The Morgan fingerprint density at radius 2 is 1.57 bits per heavy atom. The molecule has 3 N–H and O–H groups in total. The lowest BCUT2D eigenvalue weighted by molar-refractivity contribution is -0.114. The van der Waals surface area contributed by atoms with E-state index in [2.05, 4.69) is 15.4 Å². The van der Waals surface area contributed by atoms with Gasteiger partial charge in [-0.25, -0.2) is 13.1 Å². The first-order valence-electron chi connectivity index (χ1n) is 7.91. The summed E-state index contributed by atoms with van der Waals surface area (Å²) >= 11 is 0. The smallest absolute Gasteiger partial charge is 0.221 e. The Morgan fingerprint density at radius 3 is 2.13 bits per heavy atom. The zero-order chi connectivity index (χ0) is 17.3. The molecule has 0 aliphatic heterocycles. The second-order valence-corrected chi connectivity index (χ2v) is 8.06. The van der Waals surface area contributed by atoms with Crippen LogP contribution < -0.4 is 15.4 Å². The van der Waals surface area contributed by atoms with Crippen molar-refractivity contribution in [2.24, 2.45) is 0 Å². The first-order chi connectivity index (χ1) is 10.8. The van der Waals surface area contributed by atoms with Crippen LogP contribution in [0.2, 0.25) is 0 Å². The van der Waals surface area contributed by atoms with Gasteiger partial charge < -0.3 is 10.6 Å². The van der Waals surface area contributed by atoms with E-state index in [1.54, 1.807) is 13.8 Å². The van der Waals surface area contributed by atoms with Gasteiger partial charge in [-0.1, -0.05) is 6.42 Å². The first-order valence-corrected chi connectivity index (χ1v) is 9.46. The number of anilines is 2. The standard InChI is InChI=1S/C16H27N3O3S/c1-13(2)23(21,22)18-12-6-4-5-11-17-15-7-9-16(10-8-15)19-14(3)20/h7-10,13,17-18H,4-6,11-12H2,1-3H3,(H,19,20). The minimum absolute atomic E-state index is 0.0844. The molecule has 0 unspecified atom stereocenters. The van der Waals surface area contributed by atoms with Gasteiger partial charge in [0, 0.05) is 31.4 Å². The van der Waals surface area contributed by atoms with Gasteiger partial charge in [0.1, 0.15) is 0 Å². The average Bonchev–Trinajstić information content (AvgIpc) is 2.47. The Hall–Kier alpha value is -1.60. The molecule has 0 heterocycles. The number of carbonyl (C=O) groups excluding carboxylic acids is 1. The fourth-order valence-corrected chi connectivity index (χ4v) is 2.68. The van der Waals surface area contributed by atoms with Crippen LogP contribution in [0.15, 0.2) is 24.3 Å². The van der Waals surface area contributed by atoms with Crippen LogP contribution in [0.4, 0.5) is 11.4 Å². The Labute approximate surface area is 139 Å². The molecule has 1 aromatic rings. The molecule has 6 nitrogen and oxygen atoms in total. The molecule has 0 saturated carbocycles. The fourth-order valence-electron chi connectivity index (χ4n) is 1.92. The normalized spacial score (nSPS) is 11.5. The van der Waals surface area contributed by atoms with Crippen LogP contribution in [0.5, 0.6) is 0 Å². The molecule has 0 saturated heterocycles. The van der Waals surface area contributed by atoms with E-state index >= 15 is 0 Å². The number of sulfonamides is 1. The maximum atomic E-state index is 11.5. The lowest BCUT2D eigenvalue weighted by Gasteiger charge is -2.10. The highest BCUT2D eigenvalue weighted by molar-refractivity contribution is 7.90. The molecule has 1 aromatic carbocycles. The molecule has 0 aliphatic carbocycles. The Bertz CT molecular complexity index is 583. The highest BCUT2D eigenvalue weighted by atomic mass is 32.2.